The van der Waals surface area contributed by atoms with Gasteiger partial charge in [-0.15, -0.1) is 0 Å². The summed E-state index contributed by atoms with van der Waals surface area (Å²) in [4.78, 5) is 0. The van der Waals surface area contributed by atoms with E-state index < -0.39 is 8.32 Å². The minimum absolute atomic E-state index is 0.0955. The van der Waals surface area contributed by atoms with Crippen molar-refractivity contribution in [2.45, 2.75) is 19.6 Å². The third kappa shape index (κ3) is 4.46. The molecule has 0 radical (unpaired) electrons. The van der Waals surface area contributed by atoms with Crippen molar-refractivity contribution in [3.8, 4) is 5.75 Å². The maximum atomic E-state index is 6.04. The first-order valence-corrected chi connectivity index (χ1v) is 11.6. The van der Waals surface area contributed by atoms with E-state index in [0.717, 1.165) is 5.75 Å². The predicted octanol–water partition coefficient (Wildman–Crippen LogP) is 1.03. The van der Waals surface area contributed by atoms with Crippen molar-refractivity contribution >= 4 is 8.32 Å². The van der Waals surface area contributed by atoms with Crippen LogP contribution in [0.1, 0.15) is 0 Å². The molecule has 0 unspecified atom stereocenters. The Bertz CT molecular complexity index is 505. The van der Waals surface area contributed by atoms with Gasteiger partial charge in [-0.1, -0.05) is 0 Å². The zero-order chi connectivity index (χ0) is 13.0. The summed E-state index contributed by atoms with van der Waals surface area (Å²) in [6.07, 6.45) is 0. The Kier molecular flexibility index (Phi) is 4.45. The maximum absolute atomic E-state index is 6.04. The monoisotopic (exact) mass is 369 g/mol. The summed E-state index contributed by atoms with van der Waals surface area (Å²) in [6, 6.07) is 19.3. The molecule has 0 aliphatic heterocycles. The number of hydrogen-bond acceptors (Lipinski definition) is 1. The van der Waals surface area contributed by atoms with E-state index in [9.17, 15) is 0 Å². The van der Waals surface area contributed by atoms with Crippen LogP contribution in [-0.4, -0.2) is 8.32 Å². The fraction of sp³-hybridized carbons (Fsp3) is 0.200. The second-order valence-electron chi connectivity index (χ2n) is 5.06. The van der Waals surface area contributed by atoms with Crippen LogP contribution < -0.4 is 25.6 Å². The first-order chi connectivity index (χ1) is 8.53. The molecule has 0 atom stereocenters. The van der Waals surface area contributed by atoms with E-state index in [1.807, 2.05) is 0 Å². The Labute approximate surface area is 121 Å². The zero-order valence-corrected chi connectivity index (χ0v) is 14.1. The second-order valence-corrected chi connectivity index (χ2v) is 12.5. The van der Waals surface area contributed by atoms with Gasteiger partial charge < -0.3 is 0 Å². The van der Waals surface area contributed by atoms with E-state index in [2.05, 4.69) is 74.2 Å². The molecule has 0 aliphatic carbocycles. The molecule has 18 heavy (non-hydrogen) atoms. The van der Waals surface area contributed by atoms with Crippen LogP contribution in [0.3, 0.4) is 0 Å². The second kappa shape index (κ2) is 5.89. The molecule has 0 saturated carbocycles. The fourth-order valence-corrected chi connectivity index (χ4v) is 4.72. The van der Waals surface area contributed by atoms with E-state index in [4.69, 9.17) is 4.43 Å². The summed E-state index contributed by atoms with van der Waals surface area (Å²) in [5.74, 6) is 1.03. The van der Waals surface area contributed by atoms with Crippen molar-refractivity contribution in [2.24, 2.45) is 0 Å². The first-order valence-electron chi connectivity index (χ1n) is 6.02. The SMILES string of the molecule is C[Si](C)(C)Oc1cccc([I-]c2ccccc2)c1. The third-order valence-electron chi connectivity index (χ3n) is 2.17. The van der Waals surface area contributed by atoms with Crippen LogP contribution in [0.4, 0.5) is 0 Å². The third-order valence-corrected chi connectivity index (χ3v) is 5.66. The van der Waals surface area contributed by atoms with Gasteiger partial charge in [0.25, 0.3) is 0 Å². The van der Waals surface area contributed by atoms with Crippen LogP contribution in [0.2, 0.25) is 19.6 Å². The zero-order valence-electron chi connectivity index (χ0n) is 11.0. The first kappa shape index (κ1) is 13.6. The standard InChI is InChI=1S/C15H18IOSi/c1-18(2,3)17-15-11-7-10-14(12-15)16-13-8-5-4-6-9-13/h4-12H,1-3H3/q-1. The van der Waals surface area contributed by atoms with Crippen molar-refractivity contribution in [3.05, 3.63) is 61.7 Å². The topological polar surface area (TPSA) is 9.23 Å². The van der Waals surface area contributed by atoms with Crippen LogP contribution in [0.25, 0.3) is 0 Å². The van der Waals surface area contributed by atoms with Crippen LogP contribution in [0, 0.1) is 7.14 Å². The Balaban J connectivity index is 2.13. The molecule has 2 rings (SSSR count). The van der Waals surface area contributed by atoms with Crippen molar-refractivity contribution < 1.29 is 25.6 Å². The molecule has 0 fully saturated rings. The molecule has 0 amide bonds. The molecule has 0 bridgehead atoms. The summed E-state index contributed by atoms with van der Waals surface area (Å²) in [5.41, 5.74) is 0. The molecular weight excluding hydrogens is 351 g/mol. The van der Waals surface area contributed by atoms with Crippen molar-refractivity contribution in [2.75, 3.05) is 0 Å². The Morgan fingerprint density at radius 1 is 0.833 bits per heavy atom. The molecule has 2 aromatic carbocycles. The van der Waals surface area contributed by atoms with Crippen molar-refractivity contribution in [1.29, 1.82) is 0 Å². The van der Waals surface area contributed by atoms with Gasteiger partial charge in [-0.25, -0.2) is 0 Å². The average molecular weight is 369 g/mol. The average Bonchev–Trinajstić information content (AvgIpc) is 2.28. The van der Waals surface area contributed by atoms with E-state index >= 15 is 0 Å². The van der Waals surface area contributed by atoms with E-state index in [1.54, 1.807) is 0 Å². The van der Waals surface area contributed by atoms with Gasteiger partial charge in [-0.05, 0) is 0 Å². The summed E-state index contributed by atoms with van der Waals surface area (Å²) in [5, 5.41) is 0. The molecule has 1 nitrogen and oxygen atoms in total. The molecule has 0 spiro atoms. The van der Waals surface area contributed by atoms with Gasteiger partial charge in [0, 0.05) is 0 Å². The van der Waals surface area contributed by atoms with Gasteiger partial charge in [0.2, 0.25) is 0 Å². The Morgan fingerprint density at radius 2 is 1.50 bits per heavy atom. The van der Waals surface area contributed by atoms with E-state index in [0.29, 0.717) is 0 Å². The Hall–Kier alpha value is -0.813. The van der Waals surface area contributed by atoms with Gasteiger partial charge in [-0.2, -0.15) is 0 Å². The summed E-state index contributed by atoms with van der Waals surface area (Å²) in [6.45, 7) is 6.64. The van der Waals surface area contributed by atoms with Gasteiger partial charge in [0.05, 0.1) is 0 Å². The molecule has 0 heterocycles. The molecule has 0 aromatic heterocycles. The fourth-order valence-electron chi connectivity index (χ4n) is 1.55. The summed E-state index contributed by atoms with van der Waals surface area (Å²) < 4.78 is 8.90. The summed E-state index contributed by atoms with van der Waals surface area (Å²) >= 11 is -0.0955. The van der Waals surface area contributed by atoms with Gasteiger partial charge in [0.15, 0.2) is 0 Å². The molecule has 0 N–H and O–H groups in total. The molecule has 3 heteroatoms. The quantitative estimate of drug-likeness (QED) is 0.578. The van der Waals surface area contributed by atoms with Crippen LogP contribution >= 0.6 is 0 Å². The predicted molar refractivity (Wildman–Crippen MR) is 74.3 cm³/mol. The van der Waals surface area contributed by atoms with Crippen molar-refractivity contribution in [3.63, 3.8) is 0 Å². The molecule has 0 aliphatic rings. The molecule has 0 saturated heterocycles. The van der Waals surface area contributed by atoms with Crippen LogP contribution in [0.15, 0.2) is 54.6 Å². The van der Waals surface area contributed by atoms with Gasteiger partial charge in [0.1, 0.15) is 0 Å². The van der Waals surface area contributed by atoms with E-state index in [-0.39, 0.29) is 21.2 Å². The van der Waals surface area contributed by atoms with E-state index in [1.165, 1.54) is 7.14 Å². The van der Waals surface area contributed by atoms with Crippen LogP contribution in [0.5, 0.6) is 5.75 Å². The Morgan fingerprint density at radius 3 is 2.17 bits per heavy atom. The van der Waals surface area contributed by atoms with Gasteiger partial charge in [-0.3, -0.25) is 0 Å². The molecular formula is C15H18IOSi-. The number of rotatable bonds is 4. The van der Waals surface area contributed by atoms with Crippen molar-refractivity contribution in [1.82, 2.24) is 0 Å². The normalized spacial score (nSPS) is 11.5. The van der Waals surface area contributed by atoms with Gasteiger partial charge >= 0.3 is 121 Å². The number of benzene rings is 2. The minimum atomic E-state index is -1.50. The van der Waals surface area contributed by atoms with Crippen LogP contribution in [-0.2, 0) is 0 Å². The number of halogens is 1. The number of hydrogen-bond donors (Lipinski definition) is 0. The molecule has 2 aromatic rings. The molecule has 96 valence electrons. The summed E-state index contributed by atoms with van der Waals surface area (Å²) in [7, 11) is -1.50.